The molecule has 26 heavy (non-hydrogen) atoms. The predicted molar refractivity (Wildman–Crippen MR) is 101 cm³/mol. The van der Waals surface area contributed by atoms with Gasteiger partial charge in [-0.15, -0.1) is 0 Å². The molecule has 2 N–H and O–H groups in total. The van der Waals surface area contributed by atoms with Crippen LogP contribution in [0.15, 0.2) is 30.6 Å². The average molecular weight is 352 g/mol. The zero-order valence-electron chi connectivity index (χ0n) is 15.0. The topological polar surface area (TPSA) is 73.4 Å². The molecule has 3 heterocycles. The van der Waals surface area contributed by atoms with E-state index in [1.165, 1.54) is 16.7 Å². The van der Waals surface area contributed by atoms with E-state index in [-0.39, 0.29) is 6.03 Å². The highest BCUT2D eigenvalue weighted by atomic mass is 16.2. The summed E-state index contributed by atoms with van der Waals surface area (Å²) in [5, 5.41) is 6.23. The Hall–Kier alpha value is -2.67. The summed E-state index contributed by atoms with van der Waals surface area (Å²) < 4.78 is 0. The second-order valence-electron chi connectivity index (χ2n) is 6.82. The lowest BCUT2D eigenvalue weighted by Gasteiger charge is -2.30. The Bertz CT molecular complexity index is 785. The van der Waals surface area contributed by atoms with Crippen molar-refractivity contribution in [3.8, 4) is 0 Å². The minimum atomic E-state index is -0.0996. The van der Waals surface area contributed by atoms with Crippen molar-refractivity contribution >= 4 is 17.7 Å². The highest BCUT2D eigenvalue weighted by molar-refractivity contribution is 5.89. The number of amides is 2. The number of hydrogen-bond acceptors (Lipinski definition) is 5. The number of aryl methyl sites for hydroxylation is 1. The molecule has 1 aromatic carbocycles. The Labute approximate surface area is 153 Å². The van der Waals surface area contributed by atoms with Crippen molar-refractivity contribution in [1.82, 2.24) is 20.2 Å². The molecule has 2 aromatic rings. The molecule has 2 aliphatic heterocycles. The van der Waals surface area contributed by atoms with Gasteiger partial charge in [-0.3, -0.25) is 0 Å². The molecule has 1 fully saturated rings. The van der Waals surface area contributed by atoms with E-state index in [1.54, 1.807) is 12.4 Å². The number of carbonyl (C=O) groups is 1. The van der Waals surface area contributed by atoms with Crippen LogP contribution < -0.4 is 15.5 Å². The summed E-state index contributed by atoms with van der Waals surface area (Å²) in [6.07, 6.45) is 4.26. The maximum absolute atomic E-state index is 12.6. The van der Waals surface area contributed by atoms with E-state index in [9.17, 15) is 4.79 Å². The molecule has 7 heteroatoms. The minimum absolute atomic E-state index is 0.0996. The predicted octanol–water partition coefficient (Wildman–Crippen LogP) is 1.78. The monoisotopic (exact) mass is 352 g/mol. The quantitative estimate of drug-likeness (QED) is 0.862. The molecule has 0 atom stereocenters. The molecule has 2 aliphatic rings. The fourth-order valence-electron chi connectivity index (χ4n) is 3.54. The van der Waals surface area contributed by atoms with Gasteiger partial charge in [-0.2, -0.15) is 0 Å². The second kappa shape index (κ2) is 7.29. The molecule has 0 spiro atoms. The van der Waals surface area contributed by atoms with Crippen LogP contribution in [0.3, 0.4) is 0 Å². The van der Waals surface area contributed by atoms with Gasteiger partial charge < -0.3 is 20.4 Å². The Balaban J connectivity index is 1.40. The van der Waals surface area contributed by atoms with Gasteiger partial charge >= 0.3 is 6.03 Å². The number of urea groups is 1. The number of hydrogen-bond donors (Lipinski definition) is 2. The first-order chi connectivity index (χ1) is 12.7. The number of aromatic nitrogens is 2. The lowest BCUT2D eigenvalue weighted by molar-refractivity contribution is 0.206. The van der Waals surface area contributed by atoms with Crippen LogP contribution in [0.1, 0.15) is 16.7 Å². The first-order valence-electron chi connectivity index (χ1n) is 9.12. The Morgan fingerprint density at radius 2 is 1.92 bits per heavy atom. The van der Waals surface area contributed by atoms with Crippen LogP contribution in [-0.2, 0) is 13.0 Å². The van der Waals surface area contributed by atoms with Crippen molar-refractivity contribution in [3.63, 3.8) is 0 Å². The number of piperazine rings is 1. The van der Waals surface area contributed by atoms with Crippen LogP contribution in [0, 0.1) is 6.92 Å². The third kappa shape index (κ3) is 3.48. The number of carbonyl (C=O) groups excluding carboxylic acids is 1. The number of anilines is 2. The highest BCUT2D eigenvalue weighted by Crippen LogP contribution is 2.22. The maximum Gasteiger partial charge on any atom is 0.322 e. The van der Waals surface area contributed by atoms with Gasteiger partial charge in [0.2, 0.25) is 5.95 Å². The first-order valence-corrected chi connectivity index (χ1v) is 9.12. The summed E-state index contributed by atoms with van der Waals surface area (Å²) in [6, 6.07) is 6.24. The van der Waals surface area contributed by atoms with E-state index in [2.05, 4.69) is 50.6 Å². The van der Waals surface area contributed by atoms with Gasteiger partial charge in [0.1, 0.15) is 0 Å². The Kier molecular flexibility index (Phi) is 4.71. The number of benzene rings is 1. The number of nitrogens with zero attached hydrogens (tertiary/aromatic N) is 4. The molecule has 1 aromatic heterocycles. The SMILES string of the molecule is Cc1cccc2c1CN(C(=O)Nc1cnc(N3CCNCC3)nc1)CC2. The molecule has 0 aliphatic carbocycles. The molecule has 0 saturated carbocycles. The molecule has 4 rings (SSSR count). The normalized spacial score (nSPS) is 17.0. The number of nitrogens with one attached hydrogen (secondary N) is 2. The van der Waals surface area contributed by atoms with Gasteiger partial charge in [0.15, 0.2) is 0 Å². The van der Waals surface area contributed by atoms with Crippen LogP contribution in [0.5, 0.6) is 0 Å². The zero-order valence-corrected chi connectivity index (χ0v) is 15.0. The molecule has 7 nitrogen and oxygen atoms in total. The molecule has 1 saturated heterocycles. The lowest BCUT2D eigenvalue weighted by Crippen LogP contribution is -2.44. The summed E-state index contributed by atoms with van der Waals surface area (Å²) in [5.41, 5.74) is 4.48. The van der Waals surface area contributed by atoms with Crippen LogP contribution in [0.25, 0.3) is 0 Å². The molecule has 0 bridgehead atoms. The first kappa shape index (κ1) is 16.8. The smallest absolute Gasteiger partial charge is 0.322 e. The molecule has 2 amide bonds. The number of rotatable bonds is 2. The van der Waals surface area contributed by atoms with E-state index < -0.39 is 0 Å². The summed E-state index contributed by atoms with van der Waals surface area (Å²) in [6.45, 7) is 7.16. The Morgan fingerprint density at radius 3 is 2.69 bits per heavy atom. The average Bonchev–Trinajstić information content (AvgIpc) is 2.69. The van der Waals surface area contributed by atoms with E-state index in [1.807, 2.05) is 4.90 Å². The summed E-state index contributed by atoms with van der Waals surface area (Å²) in [4.78, 5) is 25.4. The third-order valence-electron chi connectivity index (χ3n) is 5.08. The van der Waals surface area contributed by atoms with Crippen LogP contribution in [0.4, 0.5) is 16.4 Å². The van der Waals surface area contributed by atoms with Crippen molar-refractivity contribution in [1.29, 1.82) is 0 Å². The summed E-state index contributed by atoms with van der Waals surface area (Å²) in [7, 11) is 0. The van der Waals surface area contributed by atoms with Gasteiger partial charge in [-0.05, 0) is 30.0 Å². The van der Waals surface area contributed by atoms with Crippen LogP contribution in [0.2, 0.25) is 0 Å². The standard InChI is InChI=1S/C19H24N6O/c1-14-3-2-4-15-5-8-25(13-17(14)15)19(26)23-16-11-21-18(22-12-16)24-9-6-20-7-10-24/h2-4,11-12,20H,5-10,13H2,1H3,(H,23,26). The highest BCUT2D eigenvalue weighted by Gasteiger charge is 2.22. The maximum atomic E-state index is 12.6. The van der Waals surface area contributed by atoms with Gasteiger partial charge in [-0.25, -0.2) is 14.8 Å². The number of fused-ring (bicyclic) bond motifs is 1. The van der Waals surface area contributed by atoms with Crippen LogP contribution >= 0.6 is 0 Å². The fraction of sp³-hybridized carbons (Fsp3) is 0.421. The van der Waals surface area contributed by atoms with Crippen molar-refractivity contribution in [2.75, 3.05) is 42.9 Å². The zero-order chi connectivity index (χ0) is 17.9. The third-order valence-corrected chi connectivity index (χ3v) is 5.08. The van der Waals surface area contributed by atoms with Crippen molar-refractivity contribution in [2.24, 2.45) is 0 Å². The summed E-state index contributed by atoms with van der Waals surface area (Å²) >= 11 is 0. The molecular weight excluding hydrogens is 328 g/mol. The minimum Gasteiger partial charge on any atom is -0.338 e. The molecular formula is C19H24N6O. The van der Waals surface area contributed by atoms with Crippen molar-refractivity contribution in [3.05, 3.63) is 47.3 Å². The summed E-state index contributed by atoms with van der Waals surface area (Å²) in [5.74, 6) is 0.715. The van der Waals surface area contributed by atoms with Crippen molar-refractivity contribution in [2.45, 2.75) is 19.9 Å². The Morgan fingerprint density at radius 1 is 1.15 bits per heavy atom. The van der Waals surface area contributed by atoms with Gasteiger partial charge in [0.25, 0.3) is 0 Å². The molecule has 0 radical (unpaired) electrons. The molecule has 136 valence electrons. The lowest BCUT2D eigenvalue weighted by atomic mass is 9.96. The van der Waals surface area contributed by atoms with Gasteiger partial charge in [0.05, 0.1) is 18.1 Å². The van der Waals surface area contributed by atoms with Gasteiger partial charge in [0, 0.05) is 39.3 Å². The van der Waals surface area contributed by atoms with Gasteiger partial charge in [-0.1, -0.05) is 18.2 Å². The van der Waals surface area contributed by atoms with E-state index in [0.717, 1.165) is 39.1 Å². The molecule has 0 unspecified atom stereocenters. The van der Waals surface area contributed by atoms with E-state index in [4.69, 9.17) is 0 Å². The fourth-order valence-corrected chi connectivity index (χ4v) is 3.54. The van der Waals surface area contributed by atoms with E-state index in [0.29, 0.717) is 18.2 Å². The largest absolute Gasteiger partial charge is 0.338 e. The van der Waals surface area contributed by atoms with Crippen molar-refractivity contribution < 1.29 is 4.79 Å². The van der Waals surface area contributed by atoms with Crippen LogP contribution in [-0.4, -0.2) is 53.6 Å². The van der Waals surface area contributed by atoms with E-state index >= 15 is 0 Å². The second-order valence-corrected chi connectivity index (χ2v) is 6.82.